The van der Waals surface area contributed by atoms with Gasteiger partial charge in [-0.25, -0.2) is 4.79 Å². The van der Waals surface area contributed by atoms with E-state index in [2.05, 4.69) is 12.2 Å². The summed E-state index contributed by atoms with van der Waals surface area (Å²) in [5.74, 6) is 0. The van der Waals surface area contributed by atoms with Crippen LogP contribution in [-0.4, -0.2) is 67.8 Å². The molecule has 2 aliphatic heterocycles. The van der Waals surface area contributed by atoms with Crippen LogP contribution < -0.4 is 5.32 Å². The maximum absolute atomic E-state index is 11.8. The molecule has 0 aromatic rings. The maximum Gasteiger partial charge on any atom is 0.320 e. The van der Waals surface area contributed by atoms with E-state index >= 15 is 0 Å². The van der Waals surface area contributed by atoms with Gasteiger partial charge in [-0.15, -0.1) is 0 Å². The Balaban J connectivity index is 1.86. The first-order valence-corrected chi connectivity index (χ1v) is 5.51. The Morgan fingerprint density at radius 1 is 1.60 bits per heavy atom. The summed E-state index contributed by atoms with van der Waals surface area (Å²) >= 11 is 0. The number of ether oxygens (including phenoxy) is 1. The van der Waals surface area contributed by atoms with Gasteiger partial charge in [0.05, 0.1) is 13.2 Å². The van der Waals surface area contributed by atoms with Crippen LogP contribution in [0.25, 0.3) is 0 Å². The number of nitrogens with one attached hydrogen (secondary N) is 1. The fourth-order valence-corrected chi connectivity index (χ4v) is 2.09. The van der Waals surface area contributed by atoms with Gasteiger partial charge in [-0.1, -0.05) is 0 Å². The summed E-state index contributed by atoms with van der Waals surface area (Å²) in [4.78, 5) is 15.5. The molecule has 1 N–H and O–H groups in total. The standard InChI is InChI=1S/C10H19N3O2/c1-8-5-13(10(14)12(8)2)6-9-7-15-4-3-11-9/h8-9,11H,3-7H2,1-2H3. The minimum Gasteiger partial charge on any atom is -0.378 e. The first-order valence-electron chi connectivity index (χ1n) is 5.51. The number of rotatable bonds is 2. The van der Waals surface area contributed by atoms with Crippen LogP contribution in [0.4, 0.5) is 4.79 Å². The number of morpholine rings is 1. The van der Waals surface area contributed by atoms with E-state index in [1.54, 1.807) is 4.90 Å². The molecule has 2 amide bonds. The molecule has 15 heavy (non-hydrogen) atoms. The highest BCUT2D eigenvalue weighted by molar-refractivity contribution is 5.76. The number of likely N-dealkylation sites (N-methyl/N-ethyl adjacent to an activating group) is 1. The van der Waals surface area contributed by atoms with Crippen LogP contribution in [0.3, 0.4) is 0 Å². The van der Waals surface area contributed by atoms with Gasteiger partial charge < -0.3 is 19.9 Å². The van der Waals surface area contributed by atoms with E-state index < -0.39 is 0 Å². The zero-order chi connectivity index (χ0) is 10.8. The molecule has 0 bridgehead atoms. The van der Waals surface area contributed by atoms with Crippen molar-refractivity contribution in [2.75, 3.05) is 39.9 Å². The monoisotopic (exact) mass is 213 g/mol. The van der Waals surface area contributed by atoms with Crippen LogP contribution >= 0.6 is 0 Å². The van der Waals surface area contributed by atoms with Crippen molar-refractivity contribution in [3.05, 3.63) is 0 Å². The number of amides is 2. The Morgan fingerprint density at radius 3 is 2.93 bits per heavy atom. The predicted octanol–water partition coefficient (Wildman–Crippen LogP) is -0.269. The van der Waals surface area contributed by atoms with E-state index in [1.807, 2.05) is 11.9 Å². The molecule has 0 aromatic heterocycles. The molecule has 86 valence electrons. The van der Waals surface area contributed by atoms with Crippen LogP contribution in [-0.2, 0) is 4.74 Å². The van der Waals surface area contributed by atoms with Crippen molar-refractivity contribution in [1.82, 2.24) is 15.1 Å². The summed E-state index contributed by atoms with van der Waals surface area (Å²) in [6.45, 7) is 6.03. The number of nitrogens with zero attached hydrogens (tertiary/aromatic N) is 2. The first-order chi connectivity index (χ1) is 7.18. The summed E-state index contributed by atoms with van der Waals surface area (Å²) < 4.78 is 5.37. The van der Waals surface area contributed by atoms with Crippen molar-refractivity contribution in [3.8, 4) is 0 Å². The minimum absolute atomic E-state index is 0.134. The molecule has 2 rings (SSSR count). The van der Waals surface area contributed by atoms with Gasteiger partial charge in [0.15, 0.2) is 0 Å². The fraction of sp³-hybridized carbons (Fsp3) is 0.900. The van der Waals surface area contributed by atoms with Crippen molar-refractivity contribution in [1.29, 1.82) is 0 Å². The molecule has 5 heteroatoms. The maximum atomic E-state index is 11.8. The third kappa shape index (κ3) is 2.23. The van der Waals surface area contributed by atoms with Crippen LogP contribution in [0.5, 0.6) is 0 Å². The lowest BCUT2D eigenvalue weighted by atomic mass is 10.2. The quantitative estimate of drug-likeness (QED) is 0.687. The Hall–Kier alpha value is -0.810. The summed E-state index contributed by atoms with van der Waals surface area (Å²) in [7, 11) is 1.86. The van der Waals surface area contributed by atoms with Crippen molar-refractivity contribution in [2.45, 2.75) is 19.0 Å². The Kier molecular flexibility index (Phi) is 3.11. The second kappa shape index (κ2) is 4.37. The van der Waals surface area contributed by atoms with E-state index in [0.717, 1.165) is 26.2 Å². The highest BCUT2D eigenvalue weighted by Crippen LogP contribution is 2.13. The van der Waals surface area contributed by atoms with Crippen LogP contribution in [0.2, 0.25) is 0 Å². The first kappa shape index (κ1) is 10.7. The van der Waals surface area contributed by atoms with E-state index in [1.165, 1.54) is 0 Å². The van der Waals surface area contributed by atoms with Gasteiger partial charge in [0.2, 0.25) is 0 Å². The van der Waals surface area contributed by atoms with Gasteiger partial charge in [0, 0.05) is 38.8 Å². The lowest BCUT2D eigenvalue weighted by Gasteiger charge is -2.27. The highest BCUT2D eigenvalue weighted by atomic mass is 16.5. The molecule has 2 heterocycles. The van der Waals surface area contributed by atoms with Crippen LogP contribution in [0, 0.1) is 0 Å². The van der Waals surface area contributed by atoms with E-state index in [0.29, 0.717) is 18.7 Å². The largest absolute Gasteiger partial charge is 0.378 e. The lowest BCUT2D eigenvalue weighted by molar-refractivity contribution is 0.0677. The summed E-state index contributed by atoms with van der Waals surface area (Å²) in [6.07, 6.45) is 0. The molecule has 2 atom stereocenters. The fourth-order valence-electron chi connectivity index (χ4n) is 2.09. The number of urea groups is 1. The molecule has 2 fully saturated rings. The molecular formula is C10H19N3O2. The molecule has 0 saturated carbocycles. The zero-order valence-electron chi connectivity index (χ0n) is 9.40. The third-order valence-electron chi connectivity index (χ3n) is 3.16. The normalized spacial score (nSPS) is 32.5. The zero-order valence-corrected chi connectivity index (χ0v) is 9.40. The summed E-state index contributed by atoms with van der Waals surface area (Å²) in [6, 6.07) is 0.748. The van der Waals surface area contributed by atoms with E-state index in [4.69, 9.17) is 4.74 Å². The summed E-state index contributed by atoms with van der Waals surface area (Å²) in [5, 5.41) is 3.36. The number of hydrogen-bond donors (Lipinski definition) is 1. The Labute approximate surface area is 90.4 Å². The van der Waals surface area contributed by atoms with Gasteiger partial charge in [0.1, 0.15) is 0 Å². The molecule has 0 aromatic carbocycles. The van der Waals surface area contributed by atoms with E-state index in [9.17, 15) is 4.79 Å². The highest BCUT2D eigenvalue weighted by Gasteiger charge is 2.33. The summed E-state index contributed by atoms with van der Waals surface area (Å²) in [5.41, 5.74) is 0. The number of carbonyl (C=O) groups is 1. The van der Waals surface area contributed by atoms with Gasteiger partial charge in [-0.05, 0) is 6.92 Å². The smallest absolute Gasteiger partial charge is 0.320 e. The Morgan fingerprint density at radius 2 is 2.40 bits per heavy atom. The van der Waals surface area contributed by atoms with Crippen molar-refractivity contribution in [3.63, 3.8) is 0 Å². The van der Waals surface area contributed by atoms with Gasteiger partial charge in [0.25, 0.3) is 0 Å². The SMILES string of the molecule is CC1CN(CC2COCCN2)C(=O)N1C. The van der Waals surface area contributed by atoms with Crippen LogP contribution in [0.1, 0.15) is 6.92 Å². The average molecular weight is 213 g/mol. The molecule has 0 aliphatic carbocycles. The van der Waals surface area contributed by atoms with Gasteiger partial charge in [-0.3, -0.25) is 0 Å². The number of hydrogen-bond acceptors (Lipinski definition) is 3. The molecule has 0 spiro atoms. The minimum atomic E-state index is 0.134. The van der Waals surface area contributed by atoms with Gasteiger partial charge >= 0.3 is 6.03 Å². The second-order valence-corrected chi connectivity index (χ2v) is 4.37. The number of carbonyl (C=O) groups excluding carboxylic acids is 1. The molecule has 2 unspecified atom stereocenters. The van der Waals surface area contributed by atoms with Crippen molar-refractivity contribution in [2.24, 2.45) is 0 Å². The second-order valence-electron chi connectivity index (χ2n) is 4.37. The van der Waals surface area contributed by atoms with Gasteiger partial charge in [-0.2, -0.15) is 0 Å². The molecule has 2 aliphatic rings. The van der Waals surface area contributed by atoms with Crippen LogP contribution in [0.15, 0.2) is 0 Å². The Bertz CT molecular complexity index is 241. The van der Waals surface area contributed by atoms with Crippen molar-refractivity contribution >= 4 is 6.03 Å². The third-order valence-corrected chi connectivity index (χ3v) is 3.16. The van der Waals surface area contributed by atoms with Crippen molar-refractivity contribution < 1.29 is 9.53 Å². The lowest BCUT2D eigenvalue weighted by Crippen LogP contribution is -2.49. The molecule has 2 saturated heterocycles. The average Bonchev–Trinajstić information content (AvgIpc) is 2.48. The molecule has 0 radical (unpaired) electrons. The van der Waals surface area contributed by atoms with E-state index in [-0.39, 0.29) is 6.03 Å². The molecular weight excluding hydrogens is 194 g/mol. The predicted molar refractivity (Wildman–Crippen MR) is 56.8 cm³/mol. The topological polar surface area (TPSA) is 44.8 Å². The molecule has 5 nitrogen and oxygen atoms in total.